The number of thiazole rings is 1. The molecule has 4 N–H and O–H groups in total. The van der Waals surface area contributed by atoms with E-state index in [1.54, 1.807) is 17.3 Å². The number of benzene rings is 1. The first kappa shape index (κ1) is 38.3. The second kappa shape index (κ2) is 16.7. The van der Waals surface area contributed by atoms with Gasteiger partial charge < -0.3 is 40.2 Å². The van der Waals surface area contributed by atoms with E-state index in [9.17, 15) is 24.0 Å². The standard InChI is InChI=1S/C37H47N9O7S/c1-21(2)20-53-36(50)39-17-30(47)45-14-7-9-27(45)33(48)41-29-19-44-18-28(54-35(44)42-29)24-12-10-23(11-13-24)25-16-38-32(40-25)26-8-6-15-46(26)34(49)31(22(3)4)43-37(51)52-5/h10-13,16,18-19,21-22,26-27,31H,6-9,14-15,17,20H2,1-5H3,(H,38,40)(H,39,50)(H,41,48)(H,43,51)/t26-,27?,31-/m0/s1. The van der Waals surface area contributed by atoms with Gasteiger partial charge in [0.25, 0.3) is 0 Å². The van der Waals surface area contributed by atoms with Crippen LogP contribution >= 0.6 is 11.3 Å². The normalized spacial score (nSPS) is 17.6. The molecule has 3 atom stereocenters. The van der Waals surface area contributed by atoms with Gasteiger partial charge in [0.1, 0.15) is 24.5 Å². The zero-order valence-corrected chi connectivity index (χ0v) is 31.9. The van der Waals surface area contributed by atoms with E-state index in [4.69, 9.17) is 9.47 Å². The summed E-state index contributed by atoms with van der Waals surface area (Å²) in [6.07, 6.45) is 6.97. The molecule has 17 heteroatoms. The molecule has 4 aromatic rings. The number of fused-ring (bicyclic) bond motifs is 1. The van der Waals surface area contributed by atoms with Crippen LogP contribution in [0.4, 0.5) is 15.4 Å². The number of H-pyrrole nitrogens is 1. The predicted octanol–water partition coefficient (Wildman–Crippen LogP) is 4.81. The molecule has 16 nitrogen and oxygen atoms in total. The number of carbonyl (C=O) groups excluding carboxylic acids is 5. The van der Waals surface area contributed by atoms with Crippen LogP contribution in [0.1, 0.15) is 65.2 Å². The average Bonchev–Trinajstić information content (AvgIpc) is 3.99. The Balaban J connectivity index is 1.05. The molecule has 6 rings (SSSR count). The molecule has 288 valence electrons. The van der Waals surface area contributed by atoms with Gasteiger partial charge in [-0.1, -0.05) is 63.3 Å². The number of amides is 5. The first-order valence-corrected chi connectivity index (χ1v) is 19.0. The highest BCUT2D eigenvalue weighted by molar-refractivity contribution is 7.20. The van der Waals surface area contributed by atoms with Gasteiger partial charge in [-0.25, -0.2) is 19.6 Å². The Morgan fingerprint density at radius 1 is 0.963 bits per heavy atom. The Kier molecular flexibility index (Phi) is 11.8. The van der Waals surface area contributed by atoms with E-state index in [1.165, 1.54) is 23.3 Å². The molecule has 1 aromatic carbocycles. The first-order chi connectivity index (χ1) is 25.9. The van der Waals surface area contributed by atoms with Gasteiger partial charge in [-0.05, 0) is 48.6 Å². The fraction of sp³-hybridized carbons (Fsp3) is 0.486. The smallest absolute Gasteiger partial charge is 0.407 e. The number of hydrogen-bond donors (Lipinski definition) is 4. The van der Waals surface area contributed by atoms with Gasteiger partial charge in [0.2, 0.25) is 17.7 Å². The van der Waals surface area contributed by atoms with Crippen LogP contribution in [0.3, 0.4) is 0 Å². The topological polar surface area (TPSA) is 192 Å². The van der Waals surface area contributed by atoms with Crippen LogP contribution in [0.15, 0.2) is 42.9 Å². The molecule has 1 unspecified atom stereocenters. The zero-order chi connectivity index (χ0) is 38.5. The third kappa shape index (κ3) is 8.67. The molecular formula is C37H47N9O7S. The summed E-state index contributed by atoms with van der Waals surface area (Å²) in [4.78, 5) is 80.9. The Bertz CT molecular complexity index is 1950. The van der Waals surface area contributed by atoms with E-state index in [-0.39, 0.29) is 48.8 Å². The zero-order valence-electron chi connectivity index (χ0n) is 31.1. The molecule has 54 heavy (non-hydrogen) atoms. The van der Waals surface area contributed by atoms with Crippen molar-refractivity contribution in [1.29, 1.82) is 0 Å². The van der Waals surface area contributed by atoms with Gasteiger partial charge in [0.05, 0.1) is 42.7 Å². The number of carbonyl (C=O) groups is 5. The van der Waals surface area contributed by atoms with E-state index in [1.807, 2.05) is 62.6 Å². The quantitative estimate of drug-likeness (QED) is 0.157. The van der Waals surface area contributed by atoms with Crippen molar-refractivity contribution in [2.75, 3.05) is 38.7 Å². The minimum absolute atomic E-state index is 0.116. The van der Waals surface area contributed by atoms with Gasteiger partial charge in [-0.15, -0.1) is 0 Å². The summed E-state index contributed by atoms with van der Waals surface area (Å²) in [7, 11) is 1.28. The summed E-state index contributed by atoms with van der Waals surface area (Å²) in [5.74, 6) is 0.326. The van der Waals surface area contributed by atoms with Gasteiger partial charge in [0, 0.05) is 19.3 Å². The van der Waals surface area contributed by atoms with Crippen molar-refractivity contribution < 1.29 is 33.4 Å². The first-order valence-electron chi connectivity index (χ1n) is 18.2. The van der Waals surface area contributed by atoms with Crippen LogP contribution < -0.4 is 16.0 Å². The van der Waals surface area contributed by atoms with Gasteiger partial charge in [0.15, 0.2) is 10.8 Å². The highest BCUT2D eigenvalue weighted by Gasteiger charge is 2.38. The van der Waals surface area contributed by atoms with E-state index >= 15 is 0 Å². The summed E-state index contributed by atoms with van der Waals surface area (Å²) in [5.41, 5.74) is 2.76. The van der Waals surface area contributed by atoms with Gasteiger partial charge >= 0.3 is 12.2 Å². The Hall–Kier alpha value is -5.45. The third-order valence-corrected chi connectivity index (χ3v) is 10.6. The number of hydrogen-bond acceptors (Lipinski definition) is 10. The van der Waals surface area contributed by atoms with Crippen molar-refractivity contribution in [3.63, 3.8) is 0 Å². The van der Waals surface area contributed by atoms with Crippen LogP contribution in [0.5, 0.6) is 0 Å². The lowest BCUT2D eigenvalue weighted by Crippen LogP contribution is -2.51. The van der Waals surface area contributed by atoms with E-state index in [2.05, 4.69) is 30.9 Å². The maximum atomic E-state index is 13.5. The lowest BCUT2D eigenvalue weighted by molar-refractivity contribution is -0.136. The summed E-state index contributed by atoms with van der Waals surface area (Å²) in [5, 5.41) is 8.00. The molecule has 5 amide bonds. The van der Waals surface area contributed by atoms with E-state index < -0.39 is 24.3 Å². The number of imidazole rings is 2. The number of likely N-dealkylation sites (tertiary alicyclic amines) is 2. The molecule has 2 aliphatic rings. The van der Waals surface area contributed by atoms with Gasteiger partial charge in [-0.3, -0.25) is 18.8 Å². The molecule has 2 aliphatic heterocycles. The largest absolute Gasteiger partial charge is 0.453 e. The van der Waals surface area contributed by atoms with Crippen molar-refractivity contribution in [3.8, 4) is 21.7 Å². The maximum absolute atomic E-state index is 13.5. The van der Waals surface area contributed by atoms with Crippen LogP contribution in [0, 0.1) is 11.8 Å². The molecule has 2 saturated heterocycles. The molecule has 0 radical (unpaired) electrons. The third-order valence-electron chi connectivity index (χ3n) is 9.53. The number of nitrogens with one attached hydrogen (secondary N) is 4. The lowest BCUT2D eigenvalue weighted by atomic mass is 10.0. The highest BCUT2D eigenvalue weighted by Crippen LogP contribution is 2.34. The van der Waals surface area contributed by atoms with Crippen LogP contribution in [-0.2, 0) is 23.9 Å². The van der Waals surface area contributed by atoms with Crippen LogP contribution in [0.2, 0.25) is 0 Å². The molecule has 0 saturated carbocycles. The lowest BCUT2D eigenvalue weighted by Gasteiger charge is -2.30. The minimum Gasteiger partial charge on any atom is -0.453 e. The molecule has 0 bridgehead atoms. The summed E-state index contributed by atoms with van der Waals surface area (Å²) in [6, 6.07) is 6.47. The number of rotatable bonds is 12. The molecule has 3 aromatic heterocycles. The van der Waals surface area contributed by atoms with Crippen LogP contribution in [-0.4, -0.2) is 104 Å². The molecule has 5 heterocycles. The number of ether oxygens (including phenoxy) is 2. The van der Waals surface area contributed by atoms with Crippen molar-refractivity contribution in [3.05, 3.63) is 48.7 Å². The Morgan fingerprint density at radius 3 is 2.39 bits per heavy atom. The molecule has 0 aliphatic carbocycles. The van der Waals surface area contributed by atoms with Crippen molar-refractivity contribution in [1.82, 2.24) is 39.8 Å². The second-order valence-corrected chi connectivity index (χ2v) is 15.3. The number of nitrogens with zero attached hydrogens (tertiary/aromatic N) is 5. The van der Waals surface area contributed by atoms with Crippen molar-refractivity contribution in [2.24, 2.45) is 11.8 Å². The average molecular weight is 762 g/mol. The Labute approximate surface area is 317 Å². The highest BCUT2D eigenvalue weighted by atomic mass is 32.1. The summed E-state index contributed by atoms with van der Waals surface area (Å²) < 4.78 is 11.7. The number of methoxy groups -OCH3 is 1. The summed E-state index contributed by atoms with van der Waals surface area (Å²) in [6.45, 7) is 8.63. The maximum Gasteiger partial charge on any atom is 0.407 e. The fourth-order valence-electron chi connectivity index (χ4n) is 6.74. The molecular weight excluding hydrogens is 715 g/mol. The van der Waals surface area contributed by atoms with E-state index in [0.717, 1.165) is 34.5 Å². The predicted molar refractivity (Wildman–Crippen MR) is 201 cm³/mol. The number of aromatic amines is 1. The van der Waals surface area contributed by atoms with Crippen molar-refractivity contribution >= 4 is 52.0 Å². The fourth-order valence-corrected chi connectivity index (χ4v) is 7.71. The SMILES string of the molecule is COC(=O)N[C@H](C(=O)N1CCC[C@H]1c1ncc(-c2ccc(-c3cn4cc(NC(=O)C5CCCN5C(=O)CNC(=O)OCC(C)C)nc4s3)cc2)[nH]1)C(C)C. The second-order valence-electron chi connectivity index (χ2n) is 14.3. The van der Waals surface area contributed by atoms with Crippen LogP contribution in [0.25, 0.3) is 26.7 Å². The molecule has 0 spiro atoms. The summed E-state index contributed by atoms with van der Waals surface area (Å²) >= 11 is 1.48. The van der Waals surface area contributed by atoms with E-state index in [0.29, 0.717) is 42.5 Å². The molecule has 2 fully saturated rings. The van der Waals surface area contributed by atoms with Crippen molar-refractivity contribution in [2.45, 2.75) is 71.5 Å². The number of alkyl carbamates (subject to hydrolysis) is 2. The number of aromatic nitrogens is 4. The van der Waals surface area contributed by atoms with Gasteiger partial charge in [-0.2, -0.15) is 0 Å². The minimum atomic E-state index is -0.700. The Morgan fingerprint density at radius 2 is 1.69 bits per heavy atom. The number of anilines is 1. The monoisotopic (exact) mass is 761 g/mol.